The third-order valence-electron chi connectivity index (χ3n) is 4.44. The van der Waals surface area contributed by atoms with E-state index in [1.165, 1.54) is 25.0 Å². The second kappa shape index (κ2) is 4.83. The molecule has 1 saturated heterocycles. The molecule has 19 heavy (non-hydrogen) atoms. The number of phenolic OH excluding ortho intramolecular Hbond substituents is 1. The van der Waals surface area contributed by atoms with E-state index < -0.39 is 5.82 Å². The summed E-state index contributed by atoms with van der Waals surface area (Å²) in [7, 11) is 0. The Morgan fingerprint density at radius 1 is 1.26 bits per heavy atom. The van der Waals surface area contributed by atoms with Gasteiger partial charge >= 0.3 is 0 Å². The molecular formula is C15H18FNO2. The van der Waals surface area contributed by atoms with E-state index in [0.717, 1.165) is 31.9 Å². The van der Waals surface area contributed by atoms with Gasteiger partial charge in [-0.2, -0.15) is 0 Å². The number of carbonyl (C=O) groups is 1. The number of likely N-dealkylation sites (tertiary alicyclic amines) is 1. The maximum atomic E-state index is 13.8. The third kappa shape index (κ3) is 2.20. The number of benzene rings is 1. The van der Waals surface area contributed by atoms with Gasteiger partial charge in [0.2, 0.25) is 0 Å². The van der Waals surface area contributed by atoms with Crippen LogP contribution >= 0.6 is 0 Å². The predicted molar refractivity (Wildman–Crippen MR) is 69.5 cm³/mol. The third-order valence-corrected chi connectivity index (χ3v) is 4.44. The molecule has 0 aromatic heterocycles. The number of hydrogen-bond acceptors (Lipinski definition) is 2. The fourth-order valence-electron chi connectivity index (χ4n) is 3.54. The Morgan fingerprint density at radius 3 is 2.84 bits per heavy atom. The zero-order chi connectivity index (χ0) is 13.4. The van der Waals surface area contributed by atoms with Crippen molar-refractivity contribution in [2.45, 2.75) is 38.1 Å². The summed E-state index contributed by atoms with van der Waals surface area (Å²) in [6, 6.07) is 4.04. The summed E-state index contributed by atoms with van der Waals surface area (Å²) < 4.78 is 13.8. The summed E-state index contributed by atoms with van der Waals surface area (Å²) in [6.45, 7) is 0.723. The van der Waals surface area contributed by atoms with Gasteiger partial charge in [0.05, 0.1) is 5.56 Å². The van der Waals surface area contributed by atoms with E-state index in [1.807, 2.05) is 4.90 Å². The van der Waals surface area contributed by atoms with Crippen molar-refractivity contribution < 1.29 is 14.3 Å². The summed E-state index contributed by atoms with van der Waals surface area (Å²) >= 11 is 0. The summed E-state index contributed by atoms with van der Waals surface area (Å²) in [5.74, 6) is -0.413. The van der Waals surface area contributed by atoms with E-state index >= 15 is 0 Å². The van der Waals surface area contributed by atoms with E-state index in [0.29, 0.717) is 5.92 Å². The molecular weight excluding hydrogens is 245 g/mol. The predicted octanol–water partition coefficient (Wildman–Crippen LogP) is 2.94. The van der Waals surface area contributed by atoms with E-state index in [-0.39, 0.29) is 23.3 Å². The van der Waals surface area contributed by atoms with Crippen LogP contribution in [0.1, 0.15) is 42.5 Å². The minimum atomic E-state index is -0.634. The van der Waals surface area contributed by atoms with Crippen LogP contribution in [0, 0.1) is 11.7 Å². The lowest BCUT2D eigenvalue weighted by Crippen LogP contribution is -2.46. The lowest BCUT2D eigenvalue weighted by atomic mass is 9.91. The molecule has 1 heterocycles. The number of aromatic hydroxyl groups is 1. The van der Waals surface area contributed by atoms with Gasteiger partial charge in [-0.3, -0.25) is 4.79 Å². The molecule has 1 aliphatic heterocycles. The van der Waals surface area contributed by atoms with Crippen molar-refractivity contribution in [2.75, 3.05) is 6.54 Å². The lowest BCUT2D eigenvalue weighted by molar-refractivity contribution is 0.0543. The number of piperidine rings is 1. The molecule has 1 aromatic carbocycles. The molecule has 1 N–H and O–H groups in total. The largest absolute Gasteiger partial charge is 0.508 e. The molecule has 1 aromatic rings. The van der Waals surface area contributed by atoms with Gasteiger partial charge in [-0.05, 0) is 43.7 Å². The molecule has 1 amide bonds. The quantitative estimate of drug-likeness (QED) is 0.846. The molecule has 2 unspecified atom stereocenters. The first-order chi connectivity index (χ1) is 9.16. The molecule has 4 heteroatoms. The number of halogens is 1. The highest BCUT2D eigenvalue weighted by molar-refractivity contribution is 5.95. The van der Waals surface area contributed by atoms with E-state index in [2.05, 4.69) is 0 Å². The zero-order valence-electron chi connectivity index (χ0n) is 10.8. The van der Waals surface area contributed by atoms with Gasteiger partial charge in [0, 0.05) is 18.7 Å². The van der Waals surface area contributed by atoms with Crippen LogP contribution < -0.4 is 0 Å². The Morgan fingerprint density at radius 2 is 2.05 bits per heavy atom. The Kier molecular flexibility index (Phi) is 3.17. The van der Waals surface area contributed by atoms with Crippen LogP contribution in [0.5, 0.6) is 5.75 Å². The maximum absolute atomic E-state index is 13.8. The van der Waals surface area contributed by atoms with Crippen molar-refractivity contribution in [1.82, 2.24) is 4.90 Å². The molecule has 2 aliphatic rings. The fourth-order valence-corrected chi connectivity index (χ4v) is 3.54. The van der Waals surface area contributed by atoms with Crippen LogP contribution in [-0.2, 0) is 0 Å². The van der Waals surface area contributed by atoms with Gasteiger partial charge in [-0.25, -0.2) is 4.39 Å². The van der Waals surface area contributed by atoms with Gasteiger partial charge < -0.3 is 10.0 Å². The number of fused-ring (bicyclic) bond motifs is 1. The van der Waals surface area contributed by atoms with Crippen molar-refractivity contribution in [1.29, 1.82) is 0 Å². The van der Waals surface area contributed by atoms with E-state index in [1.54, 1.807) is 0 Å². The Hall–Kier alpha value is -1.58. The molecule has 3 nitrogen and oxygen atoms in total. The molecule has 0 spiro atoms. The highest BCUT2D eigenvalue weighted by Gasteiger charge is 2.38. The molecule has 102 valence electrons. The first-order valence-corrected chi connectivity index (χ1v) is 6.96. The Labute approximate surface area is 112 Å². The number of amides is 1. The first-order valence-electron chi connectivity index (χ1n) is 6.96. The second-order valence-corrected chi connectivity index (χ2v) is 5.56. The monoisotopic (exact) mass is 263 g/mol. The smallest absolute Gasteiger partial charge is 0.257 e. The standard InChI is InChI=1S/C15H18FNO2/c16-13-9-11(18)6-7-12(13)15(19)17-8-2-4-10-3-1-5-14(10)17/h6-7,9-10,14,18H,1-5,8H2. The van der Waals surface area contributed by atoms with Crippen molar-refractivity contribution in [2.24, 2.45) is 5.92 Å². The highest BCUT2D eigenvalue weighted by Crippen LogP contribution is 2.37. The van der Waals surface area contributed by atoms with Gasteiger partial charge in [0.15, 0.2) is 0 Å². The van der Waals surface area contributed by atoms with Crippen molar-refractivity contribution in [3.8, 4) is 5.75 Å². The second-order valence-electron chi connectivity index (χ2n) is 5.56. The first kappa shape index (κ1) is 12.5. The van der Waals surface area contributed by atoms with Crippen LogP contribution in [0.3, 0.4) is 0 Å². The van der Waals surface area contributed by atoms with Gasteiger partial charge in [0.1, 0.15) is 11.6 Å². The molecule has 0 radical (unpaired) electrons. The Balaban J connectivity index is 1.86. The molecule has 1 aliphatic carbocycles. The molecule has 3 rings (SSSR count). The van der Waals surface area contributed by atoms with E-state index in [9.17, 15) is 14.3 Å². The Bertz CT molecular complexity index is 503. The fraction of sp³-hybridized carbons (Fsp3) is 0.533. The summed E-state index contributed by atoms with van der Waals surface area (Å²) in [6.07, 6.45) is 5.58. The number of rotatable bonds is 1. The van der Waals surface area contributed by atoms with Crippen LogP contribution in [0.15, 0.2) is 18.2 Å². The topological polar surface area (TPSA) is 40.5 Å². The molecule has 2 fully saturated rings. The number of nitrogens with zero attached hydrogens (tertiary/aromatic N) is 1. The van der Waals surface area contributed by atoms with Crippen LogP contribution in [0.2, 0.25) is 0 Å². The lowest BCUT2D eigenvalue weighted by Gasteiger charge is -2.37. The number of carbonyl (C=O) groups excluding carboxylic acids is 1. The number of phenols is 1. The van der Waals surface area contributed by atoms with Gasteiger partial charge in [-0.1, -0.05) is 6.42 Å². The van der Waals surface area contributed by atoms with Crippen LogP contribution in [0.4, 0.5) is 4.39 Å². The summed E-state index contributed by atoms with van der Waals surface area (Å²) in [5.41, 5.74) is 0.0744. The minimum Gasteiger partial charge on any atom is -0.508 e. The van der Waals surface area contributed by atoms with Crippen molar-refractivity contribution in [3.63, 3.8) is 0 Å². The average molecular weight is 263 g/mol. The molecule has 0 bridgehead atoms. The number of hydrogen-bond donors (Lipinski definition) is 1. The molecule has 1 saturated carbocycles. The van der Waals surface area contributed by atoms with Crippen molar-refractivity contribution in [3.05, 3.63) is 29.6 Å². The normalized spacial score (nSPS) is 26.3. The van der Waals surface area contributed by atoms with Crippen molar-refractivity contribution >= 4 is 5.91 Å². The molecule has 2 atom stereocenters. The van der Waals surface area contributed by atoms with Crippen LogP contribution in [-0.4, -0.2) is 28.5 Å². The highest BCUT2D eigenvalue weighted by atomic mass is 19.1. The minimum absolute atomic E-state index is 0.0744. The van der Waals surface area contributed by atoms with Crippen LogP contribution in [0.25, 0.3) is 0 Å². The zero-order valence-corrected chi connectivity index (χ0v) is 10.8. The van der Waals surface area contributed by atoms with Gasteiger partial charge in [0.25, 0.3) is 5.91 Å². The SMILES string of the molecule is O=C(c1ccc(O)cc1F)N1CCCC2CCCC21. The maximum Gasteiger partial charge on any atom is 0.257 e. The van der Waals surface area contributed by atoms with E-state index in [4.69, 9.17) is 0 Å². The summed E-state index contributed by atoms with van der Waals surface area (Å²) in [5, 5.41) is 9.21. The summed E-state index contributed by atoms with van der Waals surface area (Å²) in [4.78, 5) is 14.3. The average Bonchev–Trinajstić information content (AvgIpc) is 2.86. The van der Waals surface area contributed by atoms with Gasteiger partial charge in [-0.15, -0.1) is 0 Å².